The molecule has 0 fully saturated rings. The third-order valence-corrected chi connectivity index (χ3v) is 4.28. The highest BCUT2D eigenvalue weighted by Gasteiger charge is 2.12. The normalized spacial score (nSPS) is 12.0. The fourth-order valence-corrected chi connectivity index (χ4v) is 2.97. The molecule has 2 aromatic carbocycles. The van der Waals surface area contributed by atoms with Gasteiger partial charge in [-0.15, -0.1) is 0 Å². The van der Waals surface area contributed by atoms with Gasteiger partial charge in [-0.3, -0.25) is 0 Å². The van der Waals surface area contributed by atoms with Crippen LogP contribution in [0.4, 0.5) is 0 Å². The lowest BCUT2D eigenvalue weighted by molar-refractivity contribution is 0.191. The highest BCUT2D eigenvalue weighted by atomic mass is 79.9. The number of methoxy groups -OCH3 is 1. The predicted molar refractivity (Wildman–Crippen MR) is 99.6 cm³/mol. The molecule has 0 amide bonds. The molecule has 5 heteroatoms. The minimum Gasteiger partial charge on any atom is -0.493 e. The average molecular weight is 394 g/mol. The molecule has 0 aromatic heterocycles. The van der Waals surface area contributed by atoms with E-state index in [1.54, 1.807) is 14.0 Å². The summed E-state index contributed by atoms with van der Waals surface area (Å²) in [6, 6.07) is 12.1. The molecule has 0 bridgehead atoms. The van der Waals surface area contributed by atoms with E-state index in [4.69, 9.17) is 9.47 Å². The van der Waals surface area contributed by atoms with Gasteiger partial charge in [-0.05, 0) is 58.6 Å². The van der Waals surface area contributed by atoms with Crippen molar-refractivity contribution in [3.8, 4) is 11.5 Å². The van der Waals surface area contributed by atoms with Crippen LogP contribution in [-0.2, 0) is 13.2 Å². The van der Waals surface area contributed by atoms with E-state index < -0.39 is 0 Å². The topological polar surface area (TPSA) is 50.7 Å². The van der Waals surface area contributed by atoms with Crippen LogP contribution in [0.3, 0.4) is 0 Å². The lowest BCUT2D eigenvalue weighted by Gasteiger charge is -2.16. The second-order valence-corrected chi connectivity index (χ2v) is 6.66. The Hall–Kier alpha value is -1.56. The van der Waals surface area contributed by atoms with E-state index in [-0.39, 0.29) is 6.10 Å². The summed E-state index contributed by atoms with van der Waals surface area (Å²) >= 11 is 3.57. The number of nitrogens with one attached hydrogen (secondary N) is 1. The SMILES string of the molecule is COc1cc(CNCC(C)O)cc(Br)c1OCc1ccccc1C. The molecule has 0 spiro atoms. The zero-order chi connectivity index (χ0) is 17.5. The van der Waals surface area contributed by atoms with Gasteiger partial charge >= 0.3 is 0 Å². The van der Waals surface area contributed by atoms with Crippen LogP contribution in [0.5, 0.6) is 11.5 Å². The van der Waals surface area contributed by atoms with Crippen molar-refractivity contribution in [3.63, 3.8) is 0 Å². The van der Waals surface area contributed by atoms with Crippen molar-refractivity contribution in [2.45, 2.75) is 33.1 Å². The fraction of sp³-hybridized carbons (Fsp3) is 0.368. The molecule has 2 rings (SSSR count). The van der Waals surface area contributed by atoms with Crippen LogP contribution in [0.2, 0.25) is 0 Å². The number of benzene rings is 2. The maximum atomic E-state index is 9.31. The molecule has 4 nitrogen and oxygen atoms in total. The van der Waals surface area contributed by atoms with Gasteiger partial charge in [-0.25, -0.2) is 0 Å². The summed E-state index contributed by atoms with van der Waals surface area (Å²) < 4.78 is 12.3. The zero-order valence-electron chi connectivity index (χ0n) is 14.3. The molecule has 0 aliphatic heterocycles. The van der Waals surface area contributed by atoms with Crippen molar-refractivity contribution < 1.29 is 14.6 Å². The first-order valence-corrected chi connectivity index (χ1v) is 8.73. The lowest BCUT2D eigenvalue weighted by Crippen LogP contribution is -2.23. The molecular formula is C19H24BrNO3. The molecule has 0 aliphatic rings. The third-order valence-electron chi connectivity index (χ3n) is 3.69. The van der Waals surface area contributed by atoms with Gasteiger partial charge in [0.15, 0.2) is 11.5 Å². The zero-order valence-corrected chi connectivity index (χ0v) is 15.9. The van der Waals surface area contributed by atoms with E-state index in [0.717, 1.165) is 15.6 Å². The van der Waals surface area contributed by atoms with Crippen molar-refractivity contribution in [2.24, 2.45) is 0 Å². The Kier molecular flexibility index (Phi) is 7.09. The largest absolute Gasteiger partial charge is 0.493 e. The molecule has 0 saturated carbocycles. The summed E-state index contributed by atoms with van der Waals surface area (Å²) in [5, 5.41) is 12.5. The maximum absolute atomic E-state index is 9.31. The maximum Gasteiger partial charge on any atom is 0.175 e. The number of ether oxygens (including phenoxy) is 2. The molecule has 0 heterocycles. The van der Waals surface area contributed by atoms with Gasteiger partial charge in [0.2, 0.25) is 0 Å². The van der Waals surface area contributed by atoms with Gasteiger partial charge in [0, 0.05) is 13.1 Å². The van der Waals surface area contributed by atoms with Crippen LogP contribution in [0.1, 0.15) is 23.6 Å². The van der Waals surface area contributed by atoms with Crippen molar-refractivity contribution in [1.82, 2.24) is 5.32 Å². The van der Waals surface area contributed by atoms with Crippen molar-refractivity contribution in [2.75, 3.05) is 13.7 Å². The molecular weight excluding hydrogens is 370 g/mol. The second kappa shape index (κ2) is 9.06. The quantitative estimate of drug-likeness (QED) is 0.715. The molecule has 1 atom stereocenters. The van der Waals surface area contributed by atoms with Crippen LogP contribution >= 0.6 is 15.9 Å². The highest BCUT2D eigenvalue weighted by molar-refractivity contribution is 9.10. The summed E-state index contributed by atoms with van der Waals surface area (Å²) in [5.41, 5.74) is 3.41. The minimum absolute atomic E-state index is 0.368. The van der Waals surface area contributed by atoms with Gasteiger partial charge in [0.25, 0.3) is 0 Å². The van der Waals surface area contributed by atoms with Crippen molar-refractivity contribution in [1.29, 1.82) is 0 Å². The van der Waals surface area contributed by atoms with Gasteiger partial charge in [-0.1, -0.05) is 24.3 Å². The molecule has 2 N–H and O–H groups in total. The second-order valence-electron chi connectivity index (χ2n) is 5.80. The van der Waals surface area contributed by atoms with E-state index in [1.165, 1.54) is 5.56 Å². The Morgan fingerprint density at radius 1 is 1.25 bits per heavy atom. The number of aliphatic hydroxyl groups excluding tert-OH is 1. The Bertz CT molecular complexity index is 674. The fourth-order valence-electron chi connectivity index (χ4n) is 2.36. The third kappa shape index (κ3) is 5.23. The number of aliphatic hydroxyl groups is 1. The van der Waals surface area contributed by atoms with E-state index in [9.17, 15) is 5.11 Å². The summed E-state index contributed by atoms with van der Waals surface area (Å²) in [5.74, 6) is 1.38. The highest BCUT2D eigenvalue weighted by Crippen LogP contribution is 2.37. The summed E-state index contributed by atoms with van der Waals surface area (Å²) in [4.78, 5) is 0. The van der Waals surface area contributed by atoms with Crippen LogP contribution in [-0.4, -0.2) is 24.9 Å². The van der Waals surface area contributed by atoms with Crippen LogP contribution in [0.15, 0.2) is 40.9 Å². The minimum atomic E-state index is -0.368. The first-order chi connectivity index (χ1) is 11.5. The summed E-state index contributed by atoms with van der Waals surface area (Å²) in [6.07, 6.45) is -0.368. The molecule has 24 heavy (non-hydrogen) atoms. The first-order valence-electron chi connectivity index (χ1n) is 7.93. The summed E-state index contributed by atoms with van der Waals surface area (Å²) in [6.45, 7) is 5.51. The Labute approximate surface area is 151 Å². The van der Waals surface area contributed by atoms with Crippen molar-refractivity contribution >= 4 is 15.9 Å². The number of rotatable bonds is 8. The van der Waals surface area contributed by atoms with Gasteiger partial charge in [0.05, 0.1) is 17.7 Å². The smallest absolute Gasteiger partial charge is 0.175 e. The first kappa shape index (κ1) is 18.8. The Morgan fingerprint density at radius 3 is 2.67 bits per heavy atom. The number of hydrogen-bond donors (Lipinski definition) is 2. The van der Waals surface area contributed by atoms with Gasteiger partial charge in [-0.2, -0.15) is 0 Å². The van der Waals surface area contributed by atoms with E-state index in [0.29, 0.717) is 31.2 Å². The molecule has 1 unspecified atom stereocenters. The number of halogens is 1. The predicted octanol–water partition coefficient (Wildman–Crippen LogP) is 3.82. The molecule has 2 aromatic rings. The lowest BCUT2D eigenvalue weighted by atomic mass is 10.1. The van der Waals surface area contributed by atoms with E-state index in [1.807, 2.05) is 24.3 Å². The van der Waals surface area contributed by atoms with E-state index >= 15 is 0 Å². The van der Waals surface area contributed by atoms with Crippen LogP contribution in [0, 0.1) is 6.92 Å². The Balaban J connectivity index is 2.10. The standard InChI is InChI=1S/C19H24BrNO3/c1-13-6-4-5-7-16(13)12-24-19-17(20)8-15(9-18(19)23-3)11-21-10-14(2)22/h4-9,14,21-22H,10-12H2,1-3H3. The van der Waals surface area contributed by atoms with Crippen LogP contribution < -0.4 is 14.8 Å². The molecule has 0 saturated heterocycles. The monoisotopic (exact) mass is 393 g/mol. The molecule has 0 aliphatic carbocycles. The molecule has 0 radical (unpaired) electrons. The Morgan fingerprint density at radius 2 is 2.00 bits per heavy atom. The van der Waals surface area contributed by atoms with Crippen molar-refractivity contribution in [3.05, 3.63) is 57.6 Å². The molecule has 130 valence electrons. The average Bonchev–Trinajstić information content (AvgIpc) is 2.54. The van der Waals surface area contributed by atoms with Crippen LogP contribution in [0.25, 0.3) is 0 Å². The summed E-state index contributed by atoms with van der Waals surface area (Å²) in [7, 11) is 1.63. The van der Waals surface area contributed by atoms with Gasteiger partial charge in [0.1, 0.15) is 6.61 Å². The van der Waals surface area contributed by atoms with Gasteiger partial charge < -0.3 is 19.9 Å². The number of hydrogen-bond acceptors (Lipinski definition) is 4. The van der Waals surface area contributed by atoms with E-state index in [2.05, 4.69) is 40.3 Å². The number of aryl methyl sites for hydroxylation is 1.